The van der Waals surface area contributed by atoms with Crippen LogP contribution in [-0.2, 0) is 0 Å². The molecule has 0 atom stereocenters. The van der Waals surface area contributed by atoms with Gasteiger partial charge in [0, 0.05) is 33.2 Å². The standard InChI is InChI=1S/C78H62B3N7S/c1-39-28-43(5)62(44(6)29-39)79-56-25-27-82-38-61(56)86-70-55-22-17-26-83-59(55)23-24-60(70)87(69-49(11)34-42(4)35-50(69)12)78-74(86)66(79)67-68(85-78)65-73-77(84-67)81(64-47(9)32-41(3)33-48(64)10)58-37-52-19-14-16-21-54(52)76-72(58)88(73)71-57(36-51-18-13-15-20-53(51)75(71)89-76)80(65)63-45(7)30-40(2)31-46(63)8/h13-38H,1-12H3. The van der Waals surface area contributed by atoms with Crippen LogP contribution in [0, 0.1) is 83.1 Å². The predicted octanol–water partition coefficient (Wildman–Crippen LogP) is 13.3. The number of hydrogen-bond donors (Lipinski definition) is 0. The average molecular weight is 1160 g/mol. The summed E-state index contributed by atoms with van der Waals surface area (Å²) in [4.78, 5) is 33.7. The molecule has 18 rings (SSSR count). The van der Waals surface area contributed by atoms with E-state index in [2.05, 4.69) is 244 Å². The normalized spacial score (nSPS) is 13.9. The highest BCUT2D eigenvalue weighted by Gasteiger charge is 2.53. The summed E-state index contributed by atoms with van der Waals surface area (Å²) in [5.41, 5.74) is 37.7. The molecule has 0 aliphatic carbocycles. The fourth-order valence-electron chi connectivity index (χ4n) is 17.7. The molecule has 0 fully saturated rings. The third kappa shape index (κ3) is 7.05. The number of anilines is 9. The molecular formula is C78H62B3N7S. The van der Waals surface area contributed by atoms with Gasteiger partial charge in [-0.15, -0.1) is 0 Å². The first kappa shape index (κ1) is 52.7. The number of pyridine rings is 4. The Morgan fingerprint density at radius 3 is 1.44 bits per heavy atom. The lowest BCUT2D eigenvalue weighted by Crippen LogP contribution is -2.68. The lowest BCUT2D eigenvalue weighted by molar-refractivity contribution is 1.10. The Morgan fingerprint density at radius 1 is 0.360 bits per heavy atom. The van der Waals surface area contributed by atoms with Crippen molar-refractivity contribution < 1.29 is 0 Å². The lowest BCUT2D eigenvalue weighted by Gasteiger charge is -2.49. The molecule has 0 saturated heterocycles. The van der Waals surface area contributed by atoms with E-state index in [0.717, 1.165) is 72.9 Å². The number of fused-ring (bicyclic) bond motifs is 13. The van der Waals surface area contributed by atoms with Crippen molar-refractivity contribution in [2.75, 3.05) is 14.7 Å². The van der Waals surface area contributed by atoms with E-state index in [9.17, 15) is 0 Å². The van der Waals surface area contributed by atoms with Crippen LogP contribution in [0.15, 0.2) is 168 Å². The monoisotopic (exact) mass is 1160 g/mol. The van der Waals surface area contributed by atoms with Crippen LogP contribution in [0.5, 0.6) is 0 Å². The van der Waals surface area contributed by atoms with Crippen molar-refractivity contribution >= 4 is 176 Å². The van der Waals surface area contributed by atoms with E-state index in [1.165, 1.54) is 148 Å². The molecule has 0 N–H and O–H groups in total. The lowest BCUT2D eigenvalue weighted by atomic mass is 9.29. The second-order valence-corrected chi connectivity index (χ2v) is 27.4. The summed E-state index contributed by atoms with van der Waals surface area (Å²) in [6.07, 6.45) is 6.02. The van der Waals surface area contributed by atoms with Gasteiger partial charge in [-0.3, -0.25) is 19.9 Å². The van der Waals surface area contributed by atoms with Crippen molar-refractivity contribution in [3.05, 3.63) is 225 Å². The third-order valence-corrected chi connectivity index (χ3v) is 21.7. The molecule has 5 aliphatic rings. The van der Waals surface area contributed by atoms with E-state index in [-0.39, 0.29) is 20.1 Å². The Hall–Kier alpha value is -9.44. The summed E-state index contributed by atoms with van der Waals surface area (Å²) in [7, 11) is 0. The van der Waals surface area contributed by atoms with Crippen molar-refractivity contribution in [3.8, 4) is 0 Å². The summed E-state index contributed by atoms with van der Waals surface area (Å²) in [6, 6.07) is 53.5. The maximum absolute atomic E-state index is 6.67. The summed E-state index contributed by atoms with van der Waals surface area (Å²) in [5.74, 6) is 0.873. The molecule has 0 saturated carbocycles. The van der Waals surface area contributed by atoms with Gasteiger partial charge in [0.25, 0.3) is 13.4 Å². The number of nitrogens with zero attached hydrogens (tertiary/aromatic N) is 7. The Bertz CT molecular complexity index is 5340. The molecule has 0 bridgehead atoms. The predicted molar refractivity (Wildman–Crippen MR) is 380 cm³/mol. The first-order chi connectivity index (χ1) is 43.1. The van der Waals surface area contributed by atoms with E-state index in [1.54, 1.807) is 0 Å². The van der Waals surface area contributed by atoms with Crippen LogP contribution < -0.4 is 64.0 Å². The molecule has 13 aromatic rings. The molecule has 7 nitrogen and oxygen atoms in total. The van der Waals surface area contributed by atoms with Gasteiger partial charge in [0.2, 0.25) is 6.71 Å². The minimum atomic E-state index is -0.287. The molecule has 0 spiro atoms. The minimum absolute atomic E-state index is 0.251. The van der Waals surface area contributed by atoms with Gasteiger partial charge in [-0.2, -0.15) is 0 Å². The zero-order valence-electron chi connectivity index (χ0n) is 52.3. The second kappa shape index (κ2) is 18.6. The van der Waals surface area contributed by atoms with Crippen molar-refractivity contribution in [2.24, 2.45) is 0 Å². The van der Waals surface area contributed by atoms with E-state index in [0.29, 0.717) is 0 Å². The van der Waals surface area contributed by atoms with Gasteiger partial charge in [0.15, 0.2) is 5.82 Å². The van der Waals surface area contributed by atoms with Gasteiger partial charge in [0.05, 0.1) is 68.2 Å². The van der Waals surface area contributed by atoms with E-state index in [4.69, 9.17) is 19.9 Å². The van der Waals surface area contributed by atoms with Crippen LogP contribution in [0.25, 0.3) is 43.5 Å². The molecule has 89 heavy (non-hydrogen) atoms. The smallest absolute Gasteiger partial charge is 0.270 e. The summed E-state index contributed by atoms with van der Waals surface area (Å²) < 4.78 is 0. The number of rotatable bonds is 4. The Kier molecular flexibility index (Phi) is 11.0. The molecule has 0 amide bonds. The molecule has 4 aromatic heterocycles. The molecule has 0 radical (unpaired) electrons. The minimum Gasteiger partial charge on any atom is -0.309 e. The Morgan fingerprint density at radius 2 is 0.854 bits per heavy atom. The Labute approximate surface area is 525 Å². The summed E-state index contributed by atoms with van der Waals surface area (Å²) >= 11 is 1.97. The SMILES string of the molecule is Cc1cc(C)c(B2c3cc4ccccc4c4c3N3c5c(cc6ccccc6c5S4)B(c4c(C)cc(C)cc4C)c4c3c2nc2c3c5c(nc42)N(c2c(C)cc(C)cc2C)c2ccc4ncccc4c2N5c2cnccc2B3c2c(C)cc(C)cc2C)c(C)c1. The number of benzene rings is 9. The van der Waals surface area contributed by atoms with Gasteiger partial charge in [0.1, 0.15) is 0 Å². The van der Waals surface area contributed by atoms with Gasteiger partial charge in [-0.05, 0) is 173 Å². The van der Waals surface area contributed by atoms with E-state index < -0.39 is 0 Å². The second-order valence-electron chi connectivity index (χ2n) is 26.4. The maximum Gasteiger partial charge on any atom is 0.270 e. The van der Waals surface area contributed by atoms with Gasteiger partial charge in [-0.1, -0.05) is 193 Å². The fourth-order valence-corrected chi connectivity index (χ4v) is 19.1. The first-order valence-electron chi connectivity index (χ1n) is 31.4. The van der Waals surface area contributed by atoms with Crippen molar-refractivity contribution in [1.29, 1.82) is 0 Å². The maximum atomic E-state index is 6.67. The van der Waals surface area contributed by atoms with Crippen molar-refractivity contribution in [1.82, 2.24) is 19.9 Å². The highest BCUT2D eigenvalue weighted by atomic mass is 32.2. The average Bonchev–Trinajstić information content (AvgIpc) is 0.698. The molecule has 11 heteroatoms. The molecule has 5 aliphatic heterocycles. The van der Waals surface area contributed by atoms with Crippen LogP contribution in [0.2, 0.25) is 0 Å². The summed E-state index contributed by atoms with van der Waals surface area (Å²) in [6.45, 7) is 26.7. The van der Waals surface area contributed by atoms with Gasteiger partial charge >= 0.3 is 0 Å². The first-order valence-corrected chi connectivity index (χ1v) is 32.2. The van der Waals surface area contributed by atoms with Crippen LogP contribution in [0.3, 0.4) is 0 Å². The quantitative estimate of drug-likeness (QED) is 0.162. The topological polar surface area (TPSA) is 61.3 Å². The molecule has 424 valence electrons. The highest BCUT2D eigenvalue weighted by molar-refractivity contribution is 8.00. The molecule has 9 heterocycles. The molecule has 0 unspecified atom stereocenters. The number of aromatic nitrogens is 4. The molecule has 9 aromatic carbocycles. The summed E-state index contributed by atoms with van der Waals surface area (Å²) in [5, 5.41) is 6.03. The number of hydrogen-bond acceptors (Lipinski definition) is 8. The zero-order chi connectivity index (χ0) is 60.5. The Balaban J connectivity index is 1.13. The van der Waals surface area contributed by atoms with E-state index >= 15 is 0 Å². The van der Waals surface area contributed by atoms with Crippen molar-refractivity contribution in [2.45, 2.75) is 92.9 Å². The van der Waals surface area contributed by atoms with Crippen molar-refractivity contribution in [3.63, 3.8) is 0 Å². The van der Waals surface area contributed by atoms with Crippen LogP contribution >= 0.6 is 11.8 Å². The van der Waals surface area contributed by atoms with Crippen LogP contribution in [-0.4, -0.2) is 40.1 Å². The van der Waals surface area contributed by atoms with Crippen LogP contribution in [0.1, 0.15) is 66.8 Å². The van der Waals surface area contributed by atoms with Gasteiger partial charge < -0.3 is 9.80 Å². The largest absolute Gasteiger partial charge is 0.309 e. The number of aryl methyl sites for hydroxylation is 12. The highest BCUT2D eigenvalue weighted by Crippen LogP contribution is 2.60. The zero-order valence-corrected chi connectivity index (χ0v) is 53.1. The molecular weight excluding hydrogens is 1100 g/mol. The van der Waals surface area contributed by atoms with Gasteiger partial charge in [-0.25, -0.2) is 4.98 Å². The third-order valence-electron chi connectivity index (χ3n) is 20.5. The van der Waals surface area contributed by atoms with Crippen LogP contribution in [0.4, 0.5) is 51.3 Å². The van der Waals surface area contributed by atoms with E-state index in [1.807, 2.05) is 24.2 Å². The fraction of sp³-hybridized carbons (Fsp3) is 0.154.